The van der Waals surface area contributed by atoms with Gasteiger partial charge in [-0.2, -0.15) is 0 Å². The number of aliphatic hydroxyl groups excluding tert-OH is 1. The van der Waals surface area contributed by atoms with E-state index in [9.17, 15) is 14.4 Å². The zero-order chi connectivity index (χ0) is 27.3. The van der Waals surface area contributed by atoms with E-state index in [0.29, 0.717) is 43.1 Å². The fourth-order valence-corrected chi connectivity index (χ4v) is 2.77. The molecule has 2 aromatic rings. The van der Waals surface area contributed by atoms with E-state index in [4.69, 9.17) is 24.1 Å². The maximum atomic E-state index is 11.5. The van der Waals surface area contributed by atoms with Crippen LogP contribution >= 0.6 is 0 Å². The highest BCUT2D eigenvalue weighted by atomic mass is 16.6. The zero-order valence-electron chi connectivity index (χ0n) is 22.2. The maximum absolute atomic E-state index is 11.5. The molecule has 8 nitrogen and oxygen atoms in total. The Morgan fingerprint density at radius 1 is 0.806 bits per heavy atom. The molecule has 200 valence electrons. The minimum Gasteiger partial charge on any atom is -0.479 e. The first-order chi connectivity index (χ1) is 17.4. The lowest BCUT2D eigenvalue weighted by Crippen LogP contribution is -2.28. The number of aldehydes is 1. The number of carbonyl (C=O) groups is 3. The summed E-state index contributed by atoms with van der Waals surface area (Å²) in [4.78, 5) is 33.7. The predicted octanol–water partition coefficient (Wildman–Crippen LogP) is 5.15. The lowest BCUT2D eigenvalue weighted by Gasteiger charge is -2.16. The standard InChI is InChI=1S/C13H18O4.C13H16O4.C2H6/c2*1-3-12(13(15)16-4-2)17-11-7-5-6-10(8-11)9-14;1-2/h5-8,12,14H,3-4,9H2,1-2H3;5-9,12H,3-4H2,1-2H3;1-2H3. The molecule has 1 N–H and O–H groups in total. The van der Waals surface area contributed by atoms with Crippen molar-refractivity contribution in [3.8, 4) is 11.5 Å². The number of rotatable bonds is 12. The smallest absolute Gasteiger partial charge is 0.347 e. The topological polar surface area (TPSA) is 108 Å². The van der Waals surface area contributed by atoms with Crippen LogP contribution < -0.4 is 9.47 Å². The predicted molar refractivity (Wildman–Crippen MR) is 138 cm³/mol. The lowest BCUT2D eigenvalue weighted by atomic mass is 10.2. The number of aliphatic hydroxyl groups is 1. The molecule has 0 spiro atoms. The third kappa shape index (κ3) is 12.4. The molecule has 0 amide bonds. The van der Waals surface area contributed by atoms with Gasteiger partial charge in [-0.05, 0) is 56.5 Å². The summed E-state index contributed by atoms with van der Waals surface area (Å²) in [6.07, 6.45) is 0.575. The summed E-state index contributed by atoms with van der Waals surface area (Å²) in [6, 6.07) is 13.7. The Bertz CT molecular complexity index is 897. The molecule has 0 aliphatic rings. The molecule has 0 radical (unpaired) electrons. The van der Waals surface area contributed by atoms with E-state index in [1.54, 1.807) is 62.4 Å². The van der Waals surface area contributed by atoms with Crippen molar-refractivity contribution in [3.63, 3.8) is 0 Å². The highest BCUT2D eigenvalue weighted by Gasteiger charge is 2.20. The maximum Gasteiger partial charge on any atom is 0.347 e. The first-order valence-corrected chi connectivity index (χ1v) is 12.3. The number of carbonyl (C=O) groups excluding carboxylic acids is 3. The van der Waals surface area contributed by atoms with Crippen molar-refractivity contribution >= 4 is 18.2 Å². The van der Waals surface area contributed by atoms with E-state index in [1.807, 2.05) is 27.7 Å². The molecule has 8 heteroatoms. The number of benzene rings is 2. The summed E-state index contributed by atoms with van der Waals surface area (Å²) in [6.45, 7) is 11.8. The minimum atomic E-state index is -0.628. The second-order valence-corrected chi connectivity index (χ2v) is 7.03. The van der Waals surface area contributed by atoms with Crippen molar-refractivity contribution in [1.82, 2.24) is 0 Å². The second-order valence-electron chi connectivity index (χ2n) is 7.03. The quantitative estimate of drug-likeness (QED) is 0.312. The number of hydrogen-bond donors (Lipinski definition) is 1. The van der Waals surface area contributed by atoms with Crippen LogP contribution in [0.4, 0.5) is 0 Å². The molecule has 0 saturated heterocycles. The second kappa shape index (κ2) is 19.9. The Morgan fingerprint density at radius 3 is 1.69 bits per heavy atom. The molecule has 0 aromatic heterocycles. The first kappa shape index (κ1) is 32.6. The molecule has 36 heavy (non-hydrogen) atoms. The van der Waals surface area contributed by atoms with Gasteiger partial charge in [-0.3, -0.25) is 4.79 Å². The van der Waals surface area contributed by atoms with Crippen LogP contribution in [0.15, 0.2) is 48.5 Å². The van der Waals surface area contributed by atoms with Crippen LogP contribution in [0.1, 0.15) is 70.3 Å². The molecule has 0 bridgehead atoms. The van der Waals surface area contributed by atoms with Gasteiger partial charge >= 0.3 is 11.9 Å². The summed E-state index contributed by atoms with van der Waals surface area (Å²) in [5.74, 6) is 0.321. The molecule has 0 fully saturated rings. The van der Waals surface area contributed by atoms with Gasteiger partial charge in [-0.25, -0.2) is 9.59 Å². The number of esters is 2. The molecule has 0 heterocycles. The molecule has 2 unspecified atom stereocenters. The molecule has 0 saturated carbocycles. The van der Waals surface area contributed by atoms with Crippen LogP contribution in [0, 0.1) is 0 Å². The van der Waals surface area contributed by atoms with Crippen LogP contribution in [0.2, 0.25) is 0 Å². The van der Waals surface area contributed by atoms with E-state index in [1.165, 1.54) is 0 Å². The third-order valence-electron chi connectivity index (χ3n) is 4.47. The van der Waals surface area contributed by atoms with Gasteiger partial charge in [0.25, 0.3) is 0 Å². The molecule has 2 rings (SSSR count). The molecular weight excluding hydrogens is 464 g/mol. The van der Waals surface area contributed by atoms with Crippen molar-refractivity contribution in [1.29, 1.82) is 0 Å². The van der Waals surface area contributed by atoms with E-state index >= 15 is 0 Å². The van der Waals surface area contributed by atoms with Crippen molar-refractivity contribution in [2.45, 2.75) is 73.2 Å². The van der Waals surface area contributed by atoms with Crippen molar-refractivity contribution in [2.75, 3.05) is 13.2 Å². The van der Waals surface area contributed by atoms with E-state index in [2.05, 4.69) is 0 Å². The van der Waals surface area contributed by atoms with Gasteiger partial charge in [0.1, 0.15) is 17.8 Å². The Kier molecular flexibility index (Phi) is 18.0. The Morgan fingerprint density at radius 2 is 1.28 bits per heavy atom. The highest BCUT2D eigenvalue weighted by Crippen LogP contribution is 2.17. The van der Waals surface area contributed by atoms with E-state index in [-0.39, 0.29) is 18.5 Å². The van der Waals surface area contributed by atoms with E-state index in [0.717, 1.165) is 11.8 Å². The first-order valence-electron chi connectivity index (χ1n) is 12.3. The van der Waals surface area contributed by atoms with Crippen molar-refractivity contribution in [2.24, 2.45) is 0 Å². The Balaban J connectivity index is 0.000000637. The van der Waals surface area contributed by atoms with Gasteiger partial charge in [0.2, 0.25) is 0 Å². The zero-order valence-corrected chi connectivity index (χ0v) is 22.2. The molecule has 0 aliphatic carbocycles. The molecule has 2 aromatic carbocycles. The summed E-state index contributed by atoms with van der Waals surface area (Å²) in [5, 5.41) is 9.00. The average molecular weight is 505 g/mol. The van der Waals surface area contributed by atoms with Gasteiger partial charge in [-0.1, -0.05) is 52.0 Å². The molecular formula is C28H40O8. The monoisotopic (exact) mass is 504 g/mol. The van der Waals surface area contributed by atoms with Crippen LogP contribution in [-0.4, -0.2) is 48.8 Å². The van der Waals surface area contributed by atoms with Crippen LogP contribution in [-0.2, 0) is 25.7 Å². The lowest BCUT2D eigenvalue weighted by molar-refractivity contribution is -0.152. The Hall–Kier alpha value is -3.39. The third-order valence-corrected chi connectivity index (χ3v) is 4.47. The van der Waals surface area contributed by atoms with E-state index < -0.39 is 12.2 Å². The fraction of sp³-hybridized carbons (Fsp3) is 0.464. The summed E-state index contributed by atoms with van der Waals surface area (Å²) in [5.41, 5.74) is 1.27. The Labute approximate surface area is 214 Å². The SMILES string of the molecule is CC.CCOC(=O)C(CC)Oc1cccc(C=O)c1.CCOC(=O)C(CC)Oc1cccc(CO)c1. The van der Waals surface area contributed by atoms with Crippen molar-refractivity contribution in [3.05, 3.63) is 59.7 Å². The molecule has 0 aliphatic heterocycles. The normalized spacial score (nSPS) is 11.3. The highest BCUT2D eigenvalue weighted by molar-refractivity contribution is 5.76. The summed E-state index contributed by atoms with van der Waals surface area (Å²) in [7, 11) is 0. The summed E-state index contributed by atoms with van der Waals surface area (Å²) < 4.78 is 20.8. The van der Waals surface area contributed by atoms with Crippen molar-refractivity contribution < 1.29 is 38.4 Å². The van der Waals surface area contributed by atoms with Crippen LogP contribution in [0.5, 0.6) is 11.5 Å². The van der Waals surface area contributed by atoms with Gasteiger partial charge in [0.15, 0.2) is 12.2 Å². The van der Waals surface area contributed by atoms with Crippen LogP contribution in [0.25, 0.3) is 0 Å². The summed E-state index contributed by atoms with van der Waals surface area (Å²) >= 11 is 0. The minimum absolute atomic E-state index is 0.0482. The van der Waals surface area contributed by atoms with Gasteiger partial charge < -0.3 is 24.1 Å². The number of hydrogen-bond acceptors (Lipinski definition) is 8. The average Bonchev–Trinajstić information content (AvgIpc) is 2.92. The molecule has 2 atom stereocenters. The largest absolute Gasteiger partial charge is 0.479 e. The van der Waals surface area contributed by atoms with Gasteiger partial charge in [0.05, 0.1) is 19.8 Å². The van der Waals surface area contributed by atoms with Gasteiger partial charge in [0, 0.05) is 5.56 Å². The van der Waals surface area contributed by atoms with Crippen LogP contribution in [0.3, 0.4) is 0 Å². The fourth-order valence-electron chi connectivity index (χ4n) is 2.77. The number of ether oxygens (including phenoxy) is 4. The van der Waals surface area contributed by atoms with Gasteiger partial charge in [-0.15, -0.1) is 0 Å².